The van der Waals surface area contributed by atoms with Gasteiger partial charge in [-0.15, -0.1) is 0 Å². The molecule has 0 aromatic heterocycles. The molecule has 0 heterocycles. The number of carbonyl (C=O) groups is 1. The molecule has 26 heavy (non-hydrogen) atoms. The Labute approximate surface area is 172 Å². The molecule has 1 amide bonds. The molecule has 0 aliphatic carbocycles. The zero-order chi connectivity index (χ0) is 18.9. The topological polar surface area (TPSA) is 38.3 Å². The number of unbranched alkanes of at least 4 members (excludes halogenated alkanes) is 1. The number of rotatable bonds is 8. The molecule has 0 radical (unpaired) electrons. The van der Waals surface area contributed by atoms with Crippen LogP contribution >= 0.6 is 31.9 Å². The summed E-state index contributed by atoms with van der Waals surface area (Å²) in [6.07, 6.45) is 6.65. The molecule has 138 valence electrons. The van der Waals surface area contributed by atoms with Crippen molar-refractivity contribution < 1.29 is 9.53 Å². The third-order valence-electron chi connectivity index (χ3n) is 3.80. The van der Waals surface area contributed by atoms with E-state index in [2.05, 4.69) is 56.2 Å². The standard InChI is InChI=1S/C21H23Br2NO2/c1-3-5-6-15-7-10-19(18(23)13-15)24-21(25)12-8-16-14-17(22)9-11-20(16)26-4-2/h7-14H,3-6H2,1-2H3,(H,24,25)/b12-8+. The third-order valence-corrected chi connectivity index (χ3v) is 4.95. The Morgan fingerprint density at radius 2 is 1.96 bits per heavy atom. The lowest BCUT2D eigenvalue weighted by Gasteiger charge is -2.09. The molecule has 0 aliphatic heterocycles. The van der Waals surface area contributed by atoms with Gasteiger partial charge in [-0.05, 0) is 77.7 Å². The normalized spacial score (nSPS) is 10.9. The minimum atomic E-state index is -0.186. The number of anilines is 1. The molecule has 0 aliphatic rings. The van der Waals surface area contributed by atoms with Gasteiger partial charge in [0.1, 0.15) is 5.75 Å². The van der Waals surface area contributed by atoms with E-state index in [9.17, 15) is 4.79 Å². The summed E-state index contributed by atoms with van der Waals surface area (Å²) in [7, 11) is 0. The quantitative estimate of drug-likeness (QED) is 0.432. The molecule has 0 unspecified atom stereocenters. The van der Waals surface area contributed by atoms with Gasteiger partial charge >= 0.3 is 0 Å². The molecular weight excluding hydrogens is 458 g/mol. The van der Waals surface area contributed by atoms with Crippen molar-refractivity contribution in [2.24, 2.45) is 0 Å². The summed E-state index contributed by atoms with van der Waals surface area (Å²) in [5.41, 5.74) is 2.88. The number of aryl methyl sites for hydroxylation is 1. The summed E-state index contributed by atoms with van der Waals surface area (Å²) in [6.45, 7) is 4.69. The average Bonchev–Trinajstić information content (AvgIpc) is 2.62. The van der Waals surface area contributed by atoms with E-state index in [-0.39, 0.29) is 5.91 Å². The van der Waals surface area contributed by atoms with Crippen LogP contribution in [-0.4, -0.2) is 12.5 Å². The van der Waals surface area contributed by atoms with Crippen molar-refractivity contribution in [1.82, 2.24) is 0 Å². The number of amides is 1. The summed E-state index contributed by atoms with van der Waals surface area (Å²) < 4.78 is 7.43. The highest BCUT2D eigenvalue weighted by atomic mass is 79.9. The highest BCUT2D eigenvalue weighted by Gasteiger charge is 2.06. The minimum absolute atomic E-state index is 0.186. The van der Waals surface area contributed by atoms with E-state index in [4.69, 9.17) is 4.74 Å². The van der Waals surface area contributed by atoms with Crippen LogP contribution in [0.5, 0.6) is 5.75 Å². The summed E-state index contributed by atoms with van der Waals surface area (Å²) >= 11 is 6.99. The molecule has 0 fully saturated rings. The highest BCUT2D eigenvalue weighted by Crippen LogP contribution is 2.26. The molecule has 0 saturated heterocycles. The molecule has 5 heteroatoms. The van der Waals surface area contributed by atoms with Crippen LogP contribution < -0.4 is 10.1 Å². The Balaban J connectivity index is 2.07. The predicted molar refractivity (Wildman–Crippen MR) is 116 cm³/mol. The summed E-state index contributed by atoms with van der Waals surface area (Å²) in [5, 5.41) is 2.90. The smallest absolute Gasteiger partial charge is 0.248 e. The Morgan fingerprint density at radius 1 is 1.15 bits per heavy atom. The van der Waals surface area contributed by atoms with Gasteiger partial charge in [-0.25, -0.2) is 0 Å². The number of ether oxygens (including phenoxy) is 1. The predicted octanol–water partition coefficient (Wildman–Crippen LogP) is 6.60. The number of benzene rings is 2. The van der Waals surface area contributed by atoms with Gasteiger partial charge in [0, 0.05) is 20.6 Å². The van der Waals surface area contributed by atoms with Crippen LogP contribution in [0.4, 0.5) is 5.69 Å². The van der Waals surface area contributed by atoms with Crippen molar-refractivity contribution in [3.63, 3.8) is 0 Å². The van der Waals surface area contributed by atoms with Crippen molar-refractivity contribution in [2.45, 2.75) is 33.1 Å². The molecule has 0 bridgehead atoms. The van der Waals surface area contributed by atoms with E-state index >= 15 is 0 Å². The van der Waals surface area contributed by atoms with E-state index in [1.807, 2.05) is 31.2 Å². The molecule has 3 nitrogen and oxygen atoms in total. The maximum Gasteiger partial charge on any atom is 0.248 e. The van der Waals surface area contributed by atoms with Crippen molar-refractivity contribution >= 4 is 49.5 Å². The first kappa shape index (κ1) is 20.7. The molecule has 0 spiro atoms. The number of carbonyl (C=O) groups excluding carboxylic acids is 1. The van der Waals surface area contributed by atoms with Gasteiger partial charge in [-0.3, -0.25) is 4.79 Å². The van der Waals surface area contributed by atoms with Gasteiger partial charge in [-0.1, -0.05) is 35.3 Å². The molecule has 0 saturated carbocycles. The molecule has 2 rings (SSSR count). The maximum absolute atomic E-state index is 12.3. The van der Waals surface area contributed by atoms with E-state index in [1.54, 1.807) is 6.08 Å². The van der Waals surface area contributed by atoms with Crippen LogP contribution in [0, 0.1) is 0 Å². The Bertz CT molecular complexity index is 788. The van der Waals surface area contributed by atoms with Crippen LogP contribution in [0.25, 0.3) is 6.08 Å². The van der Waals surface area contributed by atoms with E-state index in [0.29, 0.717) is 6.61 Å². The minimum Gasteiger partial charge on any atom is -0.493 e. The lowest BCUT2D eigenvalue weighted by molar-refractivity contribution is -0.111. The van der Waals surface area contributed by atoms with E-state index in [1.165, 1.54) is 18.1 Å². The Hall–Kier alpha value is -1.59. The van der Waals surface area contributed by atoms with Crippen molar-refractivity contribution in [2.75, 3.05) is 11.9 Å². The van der Waals surface area contributed by atoms with E-state index in [0.717, 1.165) is 38.8 Å². The molecule has 2 aromatic rings. The Morgan fingerprint density at radius 3 is 2.65 bits per heavy atom. The first-order valence-electron chi connectivity index (χ1n) is 8.73. The number of halogens is 2. The van der Waals surface area contributed by atoms with Crippen molar-refractivity contribution in [1.29, 1.82) is 0 Å². The van der Waals surface area contributed by atoms with Crippen LogP contribution in [-0.2, 0) is 11.2 Å². The summed E-state index contributed by atoms with van der Waals surface area (Å²) in [5.74, 6) is 0.565. The fourth-order valence-corrected chi connectivity index (χ4v) is 3.38. The maximum atomic E-state index is 12.3. The fraction of sp³-hybridized carbons (Fsp3) is 0.286. The molecule has 2 aromatic carbocycles. The second kappa shape index (κ2) is 10.5. The van der Waals surface area contributed by atoms with Crippen LogP contribution in [0.2, 0.25) is 0 Å². The van der Waals surface area contributed by atoms with Gasteiger partial charge in [-0.2, -0.15) is 0 Å². The lowest BCUT2D eigenvalue weighted by atomic mass is 10.1. The SMILES string of the molecule is CCCCc1ccc(NC(=O)/C=C/c2cc(Br)ccc2OCC)c(Br)c1. The van der Waals surface area contributed by atoms with Crippen LogP contribution in [0.1, 0.15) is 37.8 Å². The largest absolute Gasteiger partial charge is 0.493 e. The summed E-state index contributed by atoms with van der Waals surface area (Å²) in [4.78, 5) is 12.3. The zero-order valence-corrected chi connectivity index (χ0v) is 18.2. The van der Waals surface area contributed by atoms with Crippen molar-refractivity contribution in [3.8, 4) is 5.75 Å². The van der Waals surface area contributed by atoms with Gasteiger partial charge in [0.2, 0.25) is 5.91 Å². The second-order valence-corrected chi connectivity index (χ2v) is 7.63. The molecular formula is C21H23Br2NO2. The Kier molecular flexibility index (Phi) is 8.39. The molecule has 1 N–H and O–H groups in total. The summed E-state index contributed by atoms with van der Waals surface area (Å²) in [6, 6.07) is 11.8. The average molecular weight is 481 g/mol. The third kappa shape index (κ3) is 6.29. The molecule has 0 atom stereocenters. The second-order valence-electron chi connectivity index (χ2n) is 5.86. The number of hydrogen-bond acceptors (Lipinski definition) is 2. The highest BCUT2D eigenvalue weighted by molar-refractivity contribution is 9.10. The number of hydrogen-bond donors (Lipinski definition) is 1. The van der Waals surface area contributed by atoms with Gasteiger partial charge < -0.3 is 10.1 Å². The zero-order valence-electron chi connectivity index (χ0n) is 15.0. The first-order chi connectivity index (χ1) is 12.5. The lowest BCUT2D eigenvalue weighted by Crippen LogP contribution is -2.08. The van der Waals surface area contributed by atoms with Gasteiger partial charge in [0.25, 0.3) is 0 Å². The van der Waals surface area contributed by atoms with E-state index < -0.39 is 0 Å². The van der Waals surface area contributed by atoms with Crippen LogP contribution in [0.3, 0.4) is 0 Å². The van der Waals surface area contributed by atoms with Crippen molar-refractivity contribution in [3.05, 3.63) is 62.5 Å². The van der Waals surface area contributed by atoms with Gasteiger partial charge in [0.05, 0.1) is 12.3 Å². The fourth-order valence-electron chi connectivity index (χ4n) is 2.47. The first-order valence-corrected chi connectivity index (χ1v) is 10.3. The monoisotopic (exact) mass is 479 g/mol. The van der Waals surface area contributed by atoms with Gasteiger partial charge in [0.15, 0.2) is 0 Å². The van der Waals surface area contributed by atoms with Crippen LogP contribution in [0.15, 0.2) is 51.4 Å². The number of nitrogens with one attached hydrogen (secondary N) is 1.